The monoisotopic (exact) mass is 472 g/mol. The molecule has 2 aromatic carbocycles. The molecule has 9 nitrogen and oxygen atoms in total. The Labute approximate surface area is 189 Å². The maximum absolute atomic E-state index is 14.0. The number of imidazole rings is 1. The van der Waals surface area contributed by atoms with Gasteiger partial charge >= 0.3 is 0 Å². The molecular weight excluding hydrogens is 454 g/mol. The van der Waals surface area contributed by atoms with Crippen LogP contribution in [0.1, 0.15) is 10.4 Å². The normalized spacial score (nSPS) is 15.6. The second-order valence-corrected chi connectivity index (χ2v) is 8.74. The highest BCUT2D eigenvalue weighted by Crippen LogP contribution is 2.28. The molecule has 1 aliphatic rings. The molecule has 33 heavy (non-hydrogen) atoms. The zero-order valence-electron chi connectivity index (χ0n) is 17.1. The number of morpholine rings is 1. The average Bonchev–Trinajstić information content (AvgIpc) is 3.45. The molecule has 0 aliphatic carbocycles. The number of hydrogen-bond donors (Lipinski definition) is 3. The lowest BCUT2D eigenvalue weighted by Gasteiger charge is -2.27. The van der Waals surface area contributed by atoms with Crippen molar-refractivity contribution < 1.29 is 22.9 Å². The van der Waals surface area contributed by atoms with Crippen LogP contribution in [0.2, 0.25) is 0 Å². The van der Waals surface area contributed by atoms with E-state index in [1.54, 1.807) is 18.2 Å². The van der Waals surface area contributed by atoms with Crippen LogP contribution in [-0.4, -0.2) is 61.2 Å². The van der Waals surface area contributed by atoms with Gasteiger partial charge in [0.25, 0.3) is 5.91 Å². The first-order valence-corrected chi connectivity index (χ1v) is 11.2. The van der Waals surface area contributed by atoms with Gasteiger partial charge in [0.15, 0.2) is 16.4 Å². The van der Waals surface area contributed by atoms with Gasteiger partial charge in [-0.05, 0) is 24.3 Å². The number of carbonyl (C=O) groups excluding carboxylic acids is 1. The van der Waals surface area contributed by atoms with Crippen molar-refractivity contribution in [2.24, 2.45) is 0 Å². The summed E-state index contributed by atoms with van der Waals surface area (Å²) in [6.07, 6.45) is 1.39. The number of carbonyl (C=O) groups is 1. The molecule has 0 bridgehead atoms. The fourth-order valence-electron chi connectivity index (χ4n) is 3.53. The molecule has 12 heteroatoms. The molecule has 5 rings (SSSR count). The number of nitrogens with one attached hydrogen (secondary N) is 3. The zero-order chi connectivity index (χ0) is 22.9. The number of nitrogens with zero attached hydrogens (tertiary/aromatic N) is 3. The third-order valence-corrected chi connectivity index (χ3v) is 6.65. The summed E-state index contributed by atoms with van der Waals surface area (Å²) in [7, 11) is 0. The van der Waals surface area contributed by atoms with Gasteiger partial charge in [0.05, 0.1) is 54.4 Å². The van der Waals surface area contributed by atoms with Crippen molar-refractivity contribution in [2.75, 3.05) is 31.6 Å². The number of fused-ring (bicyclic) bond motifs is 1. The van der Waals surface area contributed by atoms with E-state index in [2.05, 4.69) is 25.5 Å². The summed E-state index contributed by atoms with van der Waals surface area (Å²) >= 11 is -1.34. The van der Waals surface area contributed by atoms with Crippen molar-refractivity contribution in [2.45, 2.75) is 4.90 Å². The van der Waals surface area contributed by atoms with E-state index in [1.807, 2.05) is 4.31 Å². The lowest BCUT2D eigenvalue weighted by molar-refractivity contribution is 0.0730. The first kappa shape index (κ1) is 21.5. The SMILES string of the molecule is O=C(Nc1c[nH]nc1-c1nc2cc([S+]([O-])N3CCOCC3)ccc2[nH]1)c1c(F)cccc1F. The molecule has 0 radical (unpaired) electrons. The number of benzene rings is 2. The van der Waals surface area contributed by atoms with Gasteiger partial charge in [-0.3, -0.25) is 9.89 Å². The van der Waals surface area contributed by atoms with E-state index in [9.17, 15) is 18.1 Å². The van der Waals surface area contributed by atoms with E-state index in [1.165, 1.54) is 12.3 Å². The fraction of sp³-hybridized carbons (Fsp3) is 0.190. The maximum Gasteiger partial charge on any atom is 0.261 e. The van der Waals surface area contributed by atoms with Gasteiger partial charge < -0.3 is 19.6 Å². The van der Waals surface area contributed by atoms with Crippen LogP contribution < -0.4 is 5.32 Å². The number of rotatable bonds is 5. The van der Waals surface area contributed by atoms with Crippen molar-refractivity contribution in [1.82, 2.24) is 24.5 Å². The molecule has 0 spiro atoms. The van der Waals surface area contributed by atoms with E-state index in [0.29, 0.717) is 48.1 Å². The Bertz CT molecular complexity index is 1300. The molecule has 4 aromatic rings. The largest absolute Gasteiger partial charge is 0.593 e. The second-order valence-electron chi connectivity index (χ2n) is 7.25. The molecule has 1 saturated heterocycles. The highest BCUT2D eigenvalue weighted by atomic mass is 32.2. The van der Waals surface area contributed by atoms with Gasteiger partial charge in [0.1, 0.15) is 17.2 Å². The first-order valence-electron chi connectivity index (χ1n) is 10.0. The molecule has 1 fully saturated rings. The van der Waals surface area contributed by atoms with E-state index in [0.717, 1.165) is 12.1 Å². The molecule has 170 valence electrons. The van der Waals surface area contributed by atoms with Gasteiger partial charge in [-0.15, -0.1) is 4.31 Å². The van der Waals surface area contributed by atoms with Crippen LogP contribution in [0.5, 0.6) is 0 Å². The third kappa shape index (κ3) is 4.20. The number of aromatic nitrogens is 4. The predicted octanol–water partition coefficient (Wildman–Crippen LogP) is 2.84. The predicted molar refractivity (Wildman–Crippen MR) is 117 cm³/mol. The van der Waals surface area contributed by atoms with E-state index in [4.69, 9.17) is 4.74 Å². The summed E-state index contributed by atoms with van der Waals surface area (Å²) in [5, 5.41) is 9.19. The number of H-pyrrole nitrogens is 2. The molecule has 1 aliphatic heterocycles. The standard InChI is InChI=1S/C21H18F2N6O3S/c22-13-2-1-3-14(23)18(13)21(30)27-17-11-24-28-19(17)20-25-15-5-4-12(10-16(15)26-20)33(31)29-6-8-32-9-7-29/h1-5,10-11H,6-9H2,(H,24,28)(H,25,26)(H,27,30). The summed E-state index contributed by atoms with van der Waals surface area (Å²) in [5.41, 5.74) is 0.994. The quantitative estimate of drug-likeness (QED) is 0.384. The van der Waals surface area contributed by atoms with Crippen LogP contribution in [0.4, 0.5) is 14.5 Å². The molecule has 3 N–H and O–H groups in total. The van der Waals surface area contributed by atoms with Crippen LogP contribution in [0.15, 0.2) is 47.5 Å². The Kier molecular flexibility index (Phi) is 5.81. The van der Waals surface area contributed by atoms with Crippen LogP contribution in [0.25, 0.3) is 22.6 Å². The Hall–Kier alpha value is -3.32. The highest BCUT2D eigenvalue weighted by Gasteiger charge is 2.26. The van der Waals surface area contributed by atoms with Crippen molar-refractivity contribution in [3.8, 4) is 11.5 Å². The number of hydrogen-bond acceptors (Lipinski definition) is 6. The molecular formula is C21H18F2N6O3S. The van der Waals surface area contributed by atoms with Crippen molar-refractivity contribution in [3.63, 3.8) is 0 Å². The molecule has 1 amide bonds. The van der Waals surface area contributed by atoms with Crippen LogP contribution in [0, 0.1) is 11.6 Å². The van der Waals surface area contributed by atoms with Gasteiger partial charge in [-0.2, -0.15) is 5.10 Å². The number of amides is 1. The van der Waals surface area contributed by atoms with Crippen LogP contribution in [0.3, 0.4) is 0 Å². The fourth-order valence-corrected chi connectivity index (χ4v) is 4.71. The minimum atomic E-state index is -1.34. The summed E-state index contributed by atoms with van der Waals surface area (Å²) in [4.78, 5) is 20.7. The first-order chi connectivity index (χ1) is 16.0. The van der Waals surface area contributed by atoms with Gasteiger partial charge in [-0.25, -0.2) is 13.8 Å². The van der Waals surface area contributed by atoms with Gasteiger partial charge in [0.2, 0.25) is 0 Å². The number of anilines is 1. The number of halogens is 2. The highest BCUT2D eigenvalue weighted by molar-refractivity contribution is 7.89. The van der Waals surface area contributed by atoms with E-state index < -0.39 is 34.5 Å². The Morgan fingerprint density at radius 1 is 1.18 bits per heavy atom. The summed E-state index contributed by atoms with van der Waals surface area (Å²) in [5.74, 6) is -2.57. The summed E-state index contributed by atoms with van der Waals surface area (Å²) in [6, 6.07) is 8.43. The summed E-state index contributed by atoms with van der Waals surface area (Å²) < 4.78 is 47.9. The minimum absolute atomic E-state index is 0.193. The second kappa shape index (κ2) is 8.90. The van der Waals surface area contributed by atoms with Crippen molar-refractivity contribution in [3.05, 3.63) is 59.8 Å². The topological polar surface area (TPSA) is 122 Å². The Balaban J connectivity index is 1.41. The smallest absolute Gasteiger partial charge is 0.261 e. The van der Waals surface area contributed by atoms with Gasteiger partial charge in [-0.1, -0.05) is 6.07 Å². The molecule has 0 saturated carbocycles. The maximum atomic E-state index is 14.0. The molecule has 1 atom stereocenters. The molecule has 1 unspecified atom stereocenters. The number of ether oxygens (including phenoxy) is 1. The van der Waals surface area contributed by atoms with Crippen LogP contribution in [-0.2, 0) is 16.1 Å². The third-order valence-electron chi connectivity index (χ3n) is 5.16. The molecule has 2 aromatic heterocycles. The average molecular weight is 472 g/mol. The number of aromatic amines is 2. The lowest BCUT2D eigenvalue weighted by atomic mass is 10.2. The van der Waals surface area contributed by atoms with Gasteiger partial charge in [0, 0.05) is 12.3 Å². The summed E-state index contributed by atoms with van der Waals surface area (Å²) in [6.45, 7) is 2.22. The minimum Gasteiger partial charge on any atom is -0.593 e. The Morgan fingerprint density at radius 3 is 2.70 bits per heavy atom. The zero-order valence-corrected chi connectivity index (χ0v) is 17.9. The Morgan fingerprint density at radius 2 is 1.94 bits per heavy atom. The van der Waals surface area contributed by atoms with E-state index >= 15 is 0 Å². The van der Waals surface area contributed by atoms with E-state index in [-0.39, 0.29) is 11.4 Å². The molecule has 3 heterocycles. The van der Waals surface area contributed by atoms with Crippen LogP contribution >= 0.6 is 0 Å². The lowest BCUT2D eigenvalue weighted by Crippen LogP contribution is -2.40. The van der Waals surface area contributed by atoms with Crippen molar-refractivity contribution in [1.29, 1.82) is 0 Å². The van der Waals surface area contributed by atoms with Crippen molar-refractivity contribution >= 4 is 34.0 Å².